The van der Waals surface area contributed by atoms with Gasteiger partial charge in [-0.1, -0.05) is 0 Å². The van der Waals surface area contributed by atoms with Gasteiger partial charge in [-0.3, -0.25) is 0 Å². The van der Waals surface area contributed by atoms with Crippen molar-refractivity contribution in [2.24, 2.45) is 0 Å². The van der Waals surface area contributed by atoms with E-state index in [0.29, 0.717) is 5.75 Å². The Labute approximate surface area is 89.0 Å². The van der Waals surface area contributed by atoms with E-state index in [1.165, 1.54) is 5.56 Å². The van der Waals surface area contributed by atoms with Gasteiger partial charge in [-0.2, -0.15) is 5.10 Å². The van der Waals surface area contributed by atoms with Crippen LogP contribution in [-0.2, 0) is 0 Å². The Balaban J connectivity index is 2.55. The number of phenolic OH excluding ortho intramolecular Hbond substituents is 1. The topological polar surface area (TPSA) is 38.0 Å². The molecule has 1 aromatic carbocycles. The second-order valence-electron chi connectivity index (χ2n) is 3.80. The third-order valence-corrected chi connectivity index (χ3v) is 2.68. The van der Waals surface area contributed by atoms with E-state index >= 15 is 0 Å². The SMILES string of the molecule is Cc1cc(-n2ncc(C)c2C)ccc1O. The van der Waals surface area contributed by atoms with Crippen LogP contribution < -0.4 is 0 Å². The van der Waals surface area contributed by atoms with Crippen molar-refractivity contribution in [1.29, 1.82) is 0 Å². The van der Waals surface area contributed by atoms with Crippen LogP contribution in [0.5, 0.6) is 5.75 Å². The number of hydrogen-bond acceptors (Lipinski definition) is 2. The molecule has 0 aliphatic heterocycles. The Morgan fingerprint density at radius 3 is 2.40 bits per heavy atom. The first kappa shape index (κ1) is 9.77. The molecule has 0 amide bonds. The van der Waals surface area contributed by atoms with Crippen molar-refractivity contribution >= 4 is 0 Å². The van der Waals surface area contributed by atoms with Gasteiger partial charge in [0.05, 0.1) is 11.9 Å². The van der Waals surface area contributed by atoms with Gasteiger partial charge in [0.1, 0.15) is 5.75 Å². The van der Waals surface area contributed by atoms with Crippen LogP contribution in [-0.4, -0.2) is 14.9 Å². The Kier molecular flexibility index (Phi) is 2.23. The highest BCUT2D eigenvalue weighted by atomic mass is 16.3. The number of aromatic hydroxyl groups is 1. The zero-order chi connectivity index (χ0) is 11.0. The monoisotopic (exact) mass is 202 g/mol. The minimum absolute atomic E-state index is 0.320. The maximum Gasteiger partial charge on any atom is 0.118 e. The van der Waals surface area contributed by atoms with Gasteiger partial charge in [0.15, 0.2) is 0 Å². The van der Waals surface area contributed by atoms with Crippen LogP contribution in [0.4, 0.5) is 0 Å². The molecule has 0 unspecified atom stereocenters. The molecule has 3 nitrogen and oxygen atoms in total. The van der Waals surface area contributed by atoms with Crippen molar-refractivity contribution in [3.8, 4) is 11.4 Å². The van der Waals surface area contributed by atoms with Crippen molar-refractivity contribution in [3.05, 3.63) is 41.2 Å². The van der Waals surface area contributed by atoms with Crippen LogP contribution in [0, 0.1) is 20.8 Å². The molecule has 2 aromatic rings. The average Bonchev–Trinajstić information content (AvgIpc) is 2.53. The predicted molar refractivity (Wildman–Crippen MR) is 59.4 cm³/mol. The van der Waals surface area contributed by atoms with E-state index in [4.69, 9.17) is 0 Å². The van der Waals surface area contributed by atoms with Crippen LogP contribution in [0.15, 0.2) is 24.4 Å². The fourth-order valence-corrected chi connectivity index (χ4v) is 1.52. The Hall–Kier alpha value is -1.77. The lowest BCUT2D eigenvalue weighted by Crippen LogP contribution is -1.99. The molecule has 3 heteroatoms. The molecule has 0 atom stereocenters. The average molecular weight is 202 g/mol. The van der Waals surface area contributed by atoms with Gasteiger partial charge in [0.2, 0.25) is 0 Å². The normalized spacial score (nSPS) is 10.6. The number of phenols is 1. The fourth-order valence-electron chi connectivity index (χ4n) is 1.52. The first-order valence-electron chi connectivity index (χ1n) is 4.91. The van der Waals surface area contributed by atoms with Gasteiger partial charge in [-0.25, -0.2) is 4.68 Å². The molecule has 0 aliphatic rings. The minimum atomic E-state index is 0.320. The quantitative estimate of drug-likeness (QED) is 0.771. The summed E-state index contributed by atoms with van der Waals surface area (Å²) in [5.41, 5.74) is 4.14. The number of benzene rings is 1. The molecular weight excluding hydrogens is 188 g/mol. The molecule has 2 rings (SSSR count). The van der Waals surface area contributed by atoms with E-state index in [-0.39, 0.29) is 0 Å². The molecule has 0 spiro atoms. The predicted octanol–water partition coefficient (Wildman–Crippen LogP) is 2.50. The molecule has 1 heterocycles. The lowest BCUT2D eigenvalue weighted by Gasteiger charge is -2.06. The second-order valence-corrected chi connectivity index (χ2v) is 3.80. The highest BCUT2D eigenvalue weighted by molar-refractivity contribution is 5.43. The summed E-state index contributed by atoms with van der Waals surface area (Å²) in [6, 6.07) is 5.48. The number of nitrogens with zero attached hydrogens (tertiary/aromatic N) is 2. The summed E-state index contributed by atoms with van der Waals surface area (Å²) in [4.78, 5) is 0. The first-order chi connectivity index (χ1) is 7.09. The molecule has 0 saturated heterocycles. The third kappa shape index (κ3) is 1.61. The van der Waals surface area contributed by atoms with Crippen molar-refractivity contribution in [3.63, 3.8) is 0 Å². The van der Waals surface area contributed by atoms with Crippen LogP contribution >= 0.6 is 0 Å². The van der Waals surface area contributed by atoms with Gasteiger partial charge < -0.3 is 5.11 Å². The van der Waals surface area contributed by atoms with Crippen LogP contribution in [0.1, 0.15) is 16.8 Å². The summed E-state index contributed by atoms with van der Waals surface area (Å²) in [5, 5.41) is 13.7. The lowest BCUT2D eigenvalue weighted by atomic mass is 10.2. The molecular formula is C12H14N2O. The molecule has 0 bridgehead atoms. The molecule has 78 valence electrons. The Morgan fingerprint density at radius 1 is 1.13 bits per heavy atom. The fraction of sp³-hybridized carbons (Fsp3) is 0.250. The summed E-state index contributed by atoms with van der Waals surface area (Å²) >= 11 is 0. The molecule has 0 saturated carbocycles. The van der Waals surface area contributed by atoms with E-state index in [2.05, 4.69) is 5.10 Å². The number of rotatable bonds is 1. The maximum absolute atomic E-state index is 9.44. The van der Waals surface area contributed by atoms with E-state index in [1.807, 2.05) is 43.8 Å². The zero-order valence-corrected chi connectivity index (χ0v) is 9.15. The maximum atomic E-state index is 9.44. The zero-order valence-electron chi connectivity index (χ0n) is 9.15. The number of aryl methyl sites for hydroxylation is 2. The summed E-state index contributed by atoms with van der Waals surface area (Å²) in [7, 11) is 0. The molecule has 0 fully saturated rings. The molecule has 1 aromatic heterocycles. The molecule has 0 radical (unpaired) electrons. The van der Waals surface area contributed by atoms with Gasteiger partial charge in [-0.05, 0) is 50.1 Å². The summed E-state index contributed by atoms with van der Waals surface area (Å²) in [5.74, 6) is 0.320. The van der Waals surface area contributed by atoms with Gasteiger partial charge in [0.25, 0.3) is 0 Å². The van der Waals surface area contributed by atoms with Crippen LogP contribution in [0.3, 0.4) is 0 Å². The first-order valence-corrected chi connectivity index (χ1v) is 4.91. The van der Waals surface area contributed by atoms with Crippen LogP contribution in [0.25, 0.3) is 5.69 Å². The lowest BCUT2D eigenvalue weighted by molar-refractivity contribution is 0.471. The standard InChI is InChI=1S/C12H14N2O/c1-8-6-11(4-5-12(8)15)14-10(3)9(2)7-13-14/h4-7,15H,1-3H3. The summed E-state index contributed by atoms with van der Waals surface area (Å²) < 4.78 is 1.88. The van der Waals surface area contributed by atoms with Gasteiger partial charge >= 0.3 is 0 Å². The van der Waals surface area contributed by atoms with Crippen molar-refractivity contribution in [1.82, 2.24) is 9.78 Å². The number of aromatic nitrogens is 2. The second kappa shape index (κ2) is 3.42. The molecule has 1 N–H and O–H groups in total. The van der Waals surface area contributed by atoms with E-state index in [0.717, 1.165) is 16.9 Å². The van der Waals surface area contributed by atoms with E-state index in [1.54, 1.807) is 6.07 Å². The van der Waals surface area contributed by atoms with Gasteiger partial charge in [-0.15, -0.1) is 0 Å². The summed E-state index contributed by atoms with van der Waals surface area (Å²) in [6.07, 6.45) is 1.84. The third-order valence-electron chi connectivity index (χ3n) is 2.68. The summed E-state index contributed by atoms with van der Waals surface area (Å²) in [6.45, 7) is 5.95. The van der Waals surface area contributed by atoms with E-state index in [9.17, 15) is 5.11 Å². The molecule has 15 heavy (non-hydrogen) atoms. The van der Waals surface area contributed by atoms with Gasteiger partial charge in [0, 0.05) is 5.69 Å². The smallest absolute Gasteiger partial charge is 0.118 e. The number of hydrogen-bond donors (Lipinski definition) is 1. The Morgan fingerprint density at radius 2 is 1.87 bits per heavy atom. The molecule has 0 aliphatic carbocycles. The minimum Gasteiger partial charge on any atom is -0.508 e. The highest BCUT2D eigenvalue weighted by Crippen LogP contribution is 2.20. The Bertz CT molecular complexity index is 500. The highest BCUT2D eigenvalue weighted by Gasteiger charge is 2.05. The largest absolute Gasteiger partial charge is 0.508 e. The van der Waals surface area contributed by atoms with Crippen LogP contribution in [0.2, 0.25) is 0 Å². The van der Waals surface area contributed by atoms with E-state index < -0.39 is 0 Å². The van der Waals surface area contributed by atoms with Crippen molar-refractivity contribution in [2.45, 2.75) is 20.8 Å². The van der Waals surface area contributed by atoms with Crippen molar-refractivity contribution in [2.75, 3.05) is 0 Å². The van der Waals surface area contributed by atoms with Crippen molar-refractivity contribution < 1.29 is 5.11 Å².